The first-order valence-corrected chi connectivity index (χ1v) is 5.97. The average Bonchev–Trinajstić information content (AvgIpc) is 2.16. The van der Waals surface area contributed by atoms with E-state index in [1.807, 2.05) is 13.8 Å². The Hall–Kier alpha value is -1.10. The molecule has 0 rings (SSSR count). The lowest BCUT2D eigenvalue weighted by molar-refractivity contribution is -0.144. The zero-order chi connectivity index (χ0) is 13.3. The Morgan fingerprint density at radius 1 is 1.06 bits per heavy atom. The van der Waals surface area contributed by atoms with Crippen LogP contribution in [0.15, 0.2) is 0 Å². The van der Waals surface area contributed by atoms with Crippen LogP contribution in [-0.2, 0) is 19.1 Å². The van der Waals surface area contributed by atoms with Crippen molar-refractivity contribution in [1.82, 2.24) is 5.32 Å². The van der Waals surface area contributed by atoms with E-state index in [9.17, 15) is 9.59 Å². The van der Waals surface area contributed by atoms with Crippen LogP contribution in [0.3, 0.4) is 0 Å². The van der Waals surface area contributed by atoms with Crippen LogP contribution in [0.2, 0.25) is 0 Å². The molecule has 0 heterocycles. The van der Waals surface area contributed by atoms with Crippen molar-refractivity contribution in [2.75, 3.05) is 19.8 Å². The van der Waals surface area contributed by atoms with Crippen LogP contribution in [0.1, 0.15) is 40.5 Å². The summed E-state index contributed by atoms with van der Waals surface area (Å²) in [4.78, 5) is 22.4. The summed E-state index contributed by atoms with van der Waals surface area (Å²) >= 11 is 0. The third-order valence-corrected chi connectivity index (χ3v) is 2.13. The van der Waals surface area contributed by atoms with E-state index >= 15 is 0 Å². The molecule has 0 aliphatic carbocycles. The second kappa shape index (κ2) is 8.06. The molecule has 0 bridgehead atoms. The van der Waals surface area contributed by atoms with Crippen LogP contribution in [0.5, 0.6) is 0 Å². The van der Waals surface area contributed by atoms with Crippen LogP contribution < -0.4 is 5.32 Å². The molecule has 5 heteroatoms. The van der Waals surface area contributed by atoms with Gasteiger partial charge in [0, 0.05) is 12.1 Å². The van der Waals surface area contributed by atoms with Gasteiger partial charge >= 0.3 is 11.9 Å². The van der Waals surface area contributed by atoms with Crippen molar-refractivity contribution in [1.29, 1.82) is 0 Å². The third-order valence-electron chi connectivity index (χ3n) is 2.13. The minimum atomic E-state index is -0.376. The van der Waals surface area contributed by atoms with E-state index in [0.29, 0.717) is 26.2 Å². The fourth-order valence-corrected chi connectivity index (χ4v) is 1.37. The number of rotatable bonds is 8. The normalized spacial score (nSPS) is 11.1. The number of carbonyl (C=O) groups excluding carboxylic acids is 2. The van der Waals surface area contributed by atoms with E-state index in [4.69, 9.17) is 9.47 Å². The largest absolute Gasteiger partial charge is 0.466 e. The molecule has 0 atom stereocenters. The topological polar surface area (TPSA) is 64.6 Å². The summed E-state index contributed by atoms with van der Waals surface area (Å²) in [7, 11) is 0. The number of ether oxygens (including phenoxy) is 2. The summed E-state index contributed by atoms with van der Waals surface area (Å²) in [6.45, 7) is 8.62. The number of carbonyl (C=O) groups is 2. The smallest absolute Gasteiger partial charge is 0.307 e. The van der Waals surface area contributed by atoms with E-state index in [1.165, 1.54) is 0 Å². The highest BCUT2D eigenvalue weighted by atomic mass is 16.5. The van der Waals surface area contributed by atoms with Gasteiger partial charge in [0.05, 0.1) is 26.1 Å². The molecule has 5 nitrogen and oxygen atoms in total. The molecule has 0 aliphatic rings. The molecule has 0 aromatic heterocycles. The molecule has 0 amide bonds. The third kappa shape index (κ3) is 8.68. The minimum absolute atomic E-state index is 0.230. The van der Waals surface area contributed by atoms with Gasteiger partial charge in [0.25, 0.3) is 0 Å². The fraction of sp³-hybridized carbons (Fsp3) is 0.833. The average molecular weight is 245 g/mol. The second-order valence-electron chi connectivity index (χ2n) is 4.35. The highest BCUT2D eigenvalue weighted by Gasteiger charge is 2.22. The summed E-state index contributed by atoms with van der Waals surface area (Å²) in [5, 5.41) is 3.14. The Balaban J connectivity index is 3.84. The highest BCUT2D eigenvalue weighted by Crippen LogP contribution is 2.09. The van der Waals surface area contributed by atoms with Gasteiger partial charge in [0.2, 0.25) is 0 Å². The van der Waals surface area contributed by atoms with Crippen LogP contribution in [0, 0.1) is 0 Å². The molecule has 0 saturated heterocycles. The van der Waals surface area contributed by atoms with Crippen molar-refractivity contribution >= 4 is 11.9 Å². The van der Waals surface area contributed by atoms with Gasteiger partial charge in [-0.05, 0) is 27.7 Å². The van der Waals surface area contributed by atoms with Crippen molar-refractivity contribution in [2.45, 2.75) is 46.1 Å². The second-order valence-corrected chi connectivity index (χ2v) is 4.35. The summed E-state index contributed by atoms with van der Waals surface area (Å²) in [6, 6.07) is 0. The fourth-order valence-electron chi connectivity index (χ4n) is 1.37. The maximum atomic E-state index is 11.3. The molecule has 0 aromatic carbocycles. The number of esters is 2. The Morgan fingerprint density at radius 2 is 1.59 bits per heavy atom. The molecule has 0 fully saturated rings. The summed E-state index contributed by atoms with van der Waals surface area (Å²) in [5.74, 6) is -0.465. The van der Waals surface area contributed by atoms with E-state index in [-0.39, 0.29) is 23.9 Å². The monoisotopic (exact) mass is 245 g/mol. The molecule has 0 radical (unpaired) electrons. The Labute approximate surface area is 103 Å². The van der Waals surface area contributed by atoms with E-state index < -0.39 is 0 Å². The van der Waals surface area contributed by atoms with Crippen LogP contribution in [-0.4, -0.2) is 37.2 Å². The summed E-state index contributed by atoms with van der Waals surface area (Å²) in [5.41, 5.74) is -0.376. The molecule has 1 N–H and O–H groups in total. The molecule has 0 aromatic rings. The van der Waals surface area contributed by atoms with Gasteiger partial charge in [0.1, 0.15) is 0 Å². The lowest BCUT2D eigenvalue weighted by atomic mass is 10.0. The van der Waals surface area contributed by atoms with Crippen molar-refractivity contribution in [2.24, 2.45) is 0 Å². The summed E-state index contributed by atoms with van der Waals surface area (Å²) in [6.07, 6.45) is 0.587. The van der Waals surface area contributed by atoms with Crippen molar-refractivity contribution < 1.29 is 19.1 Å². The van der Waals surface area contributed by atoms with Crippen LogP contribution in [0.4, 0.5) is 0 Å². The molecular formula is C12H23NO4. The zero-order valence-electron chi connectivity index (χ0n) is 11.2. The quantitative estimate of drug-likeness (QED) is 0.652. The van der Waals surface area contributed by atoms with Gasteiger partial charge in [-0.25, -0.2) is 0 Å². The van der Waals surface area contributed by atoms with Gasteiger partial charge < -0.3 is 14.8 Å². The Bertz CT molecular complexity index is 251. The predicted molar refractivity (Wildman–Crippen MR) is 64.6 cm³/mol. The molecule has 100 valence electrons. The van der Waals surface area contributed by atoms with E-state index in [1.54, 1.807) is 13.8 Å². The van der Waals surface area contributed by atoms with Gasteiger partial charge in [-0.15, -0.1) is 0 Å². The highest BCUT2D eigenvalue weighted by molar-refractivity contribution is 5.71. The standard InChI is InChI=1S/C12H23NO4/c1-5-16-10(14)7-8-13-12(3,4)9-11(15)17-6-2/h13H,5-9H2,1-4H3. The van der Waals surface area contributed by atoms with Gasteiger partial charge in [-0.1, -0.05) is 0 Å². The Kier molecular flexibility index (Phi) is 7.54. The van der Waals surface area contributed by atoms with Gasteiger partial charge in [-0.3, -0.25) is 9.59 Å². The Morgan fingerprint density at radius 3 is 2.12 bits per heavy atom. The van der Waals surface area contributed by atoms with Crippen molar-refractivity contribution in [3.63, 3.8) is 0 Å². The molecule has 17 heavy (non-hydrogen) atoms. The molecular weight excluding hydrogens is 222 g/mol. The maximum Gasteiger partial charge on any atom is 0.307 e. The lowest BCUT2D eigenvalue weighted by Crippen LogP contribution is -2.42. The minimum Gasteiger partial charge on any atom is -0.466 e. The number of nitrogens with one attached hydrogen (secondary N) is 1. The first-order chi connectivity index (χ1) is 7.91. The van der Waals surface area contributed by atoms with Crippen LogP contribution in [0.25, 0.3) is 0 Å². The maximum absolute atomic E-state index is 11.3. The SMILES string of the molecule is CCOC(=O)CCNC(C)(C)CC(=O)OCC. The zero-order valence-corrected chi connectivity index (χ0v) is 11.2. The lowest BCUT2D eigenvalue weighted by Gasteiger charge is -2.25. The van der Waals surface area contributed by atoms with Crippen LogP contribution >= 0.6 is 0 Å². The van der Waals surface area contributed by atoms with E-state index in [0.717, 1.165) is 0 Å². The van der Waals surface area contributed by atoms with Gasteiger partial charge in [-0.2, -0.15) is 0 Å². The molecule has 0 spiro atoms. The van der Waals surface area contributed by atoms with Gasteiger partial charge in [0.15, 0.2) is 0 Å². The van der Waals surface area contributed by atoms with Crippen molar-refractivity contribution in [3.05, 3.63) is 0 Å². The first-order valence-electron chi connectivity index (χ1n) is 5.97. The molecule has 0 unspecified atom stereocenters. The predicted octanol–water partition coefficient (Wildman–Crippen LogP) is 1.26. The summed E-state index contributed by atoms with van der Waals surface area (Å²) < 4.78 is 9.68. The van der Waals surface area contributed by atoms with Crippen molar-refractivity contribution in [3.8, 4) is 0 Å². The number of hydrogen-bond donors (Lipinski definition) is 1. The van der Waals surface area contributed by atoms with E-state index in [2.05, 4.69) is 5.32 Å². The molecule has 0 saturated carbocycles. The first kappa shape index (κ1) is 15.9. The molecule has 0 aliphatic heterocycles. The number of hydrogen-bond acceptors (Lipinski definition) is 5.